The molecule has 0 spiro atoms. The van der Waals surface area contributed by atoms with Crippen LogP contribution in [0, 0.1) is 0 Å². The van der Waals surface area contributed by atoms with Crippen molar-refractivity contribution in [1.82, 2.24) is 5.32 Å². The summed E-state index contributed by atoms with van der Waals surface area (Å²) in [6.45, 7) is 2.09. The smallest absolute Gasteiger partial charge is 0.231 e. The van der Waals surface area contributed by atoms with Gasteiger partial charge < -0.3 is 24.6 Å². The lowest BCUT2D eigenvalue weighted by molar-refractivity contribution is 0.0594. The quantitative estimate of drug-likeness (QED) is 0.744. The third-order valence-corrected chi connectivity index (χ3v) is 3.42. The number of aliphatic hydroxyl groups excluding tert-OH is 1. The topological polar surface area (TPSA) is 60.0 Å². The van der Waals surface area contributed by atoms with E-state index in [4.69, 9.17) is 14.2 Å². The van der Waals surface area contributed by atoms with Crippen molar-refractivity contribution >= 4 is 15.9 Å². The third kappa shape index (κ3) is 4.07. The minimum Gasteiger partial charge on any atom is -0.454 e. The number of ether oxygens (including phenoxy) is 3. The van der Waals surface area contributed by atoms with E-state index in [0.29, 0.717) is 13.0 Å². The zero-order valence-electron chi connectivity index (χ0n) is 10.8. The van der Waals surface area contributed by atoms with E-state index in [1.165, 1.54) is 0 Å². The van der Waals surface area contributed by atoms with Crippen molar-refractivity contribution in [1.29, 1.82) is 0 Å². The van der Waals surface area contributed by atoms with E-state index in [0.717, 1.165) is 34.6 Å². The molecule has 1 heterocycles. The van der Waals surface area contributed by atoms with Crippen LogP contribution in [0.15, 0.2) is 16.6 Å². The molecular weight excluding hydrogens is 314 g/mol. The highest BCUT2D eigenvalue weighted by molar-refractivity contribution is 9.10. The summed E-state index contributed by atoms with van der Waals surface area (Å²) in [7, 11) is 1.58. The SMILES string of the molecule is COCC(O)CCNCc1cc(Br)c2c(c1)OCO2. The molecule has 0 fully saturated rings. The van der Waals surface area contributed by atoms with Crippen LogP contribution >= 0.6 is 15.9 Å². The van der Waals surface area contributed by atoms with Crippen molar-refractivity contribution in [2.24, 2.45) is 0 Å². The van der Waals surface area contributed by atoms with Gasteiger partial charge in [-0.1, -0.05) is 0 Å². The average Bonchev–Trinajstić information content (AvgIpc) is 2.84. The van der Waals surface area contributed by atoms with Crippen LogP contribution in [-0.4, -0.2) is 38.3 Å². The van der Waals surface area contributed by atoms with Gasteiger partial charge in [0.15, 0.2) is 11.5 Å². The molecule has 0 radical (unpaired) electrons. The summed E-state index contributed by atoms with van der Waals surface area (Å²) in [4.78, 5) is 0. The standard InChI is InChI=1S/C13H18BrNO4/c1-17-7-10(16)2-3-15-6-9-4-11(14)13-12(5-9)18-8-19-13/h4-5,10,15-16H,2-3,6-8H2,1H3. The second kappa shape index (κ2) is 7.09. The molecule has 106 valence electrons. The van der Waals surface area contributed by atoms with E-state index < -0.39 is 6.10 Å². The number of hydrogen-bond acceptors (Lipinski definition) is 5. The van der Waals surface area contributed by atoms with Gasteiger partial charge in [0.05, 0.1) is 17.2 Å². The first-order chi connectivity index (χ1) is 9.20. The molecule has 1 atom stereocenters. The number of nitrogens with one attached hydrogen (secondary N) is 1. The van der Waals surface area contributed by atoms with Crippen molar-refractivity contribution in [2.45, 2.75) is 19.1 Å². The maximum atomic E-state index is 9.51. The second-order valence-electron chi connectivity index (χ2n) is 4.39. The van der Waals surface area contributed by atoms with Crippen molar-refractivity contribution in [3.05, 3.63) is 22.2 Å². The Kier molecular flexibility index (Phi) is 5.45. The van der Waals surface area contributed by atoms with Crippen LogP contribution in [0.3, 0.4) is 0 Å². The maximum absolute atomic E-state index is 9.51. The zero-order chi connectivity index (χ0) is 13.7. The van der Waals surface area contributed by atoms with Crippen LogP contribution in [0.1, 0.15) is 12.0 Å². The van der Waals surface area contributed by atoms with E-state index in [9.17, 15) is 5.11 Å². The lowest BCUT2D eigenvalue weighted by Gasteiger charge is -2.10. The molecule has 0 saturated heterocycles. The summed E-state index contributed by atoms with van der Waals surface area (Å²) in [5.74, 6) is 1.53. The molecule has 2 N–H and O–H groups in total. The van der Waals surface area contributed by atoms with Crippen molar-refractivity contribution < 1.29 is 19.3 Å². The van der Waals surface area contributed by atoms with E-state index >= 15 is 0 Å². The highest BCUT2D eigenvalue weighted by Crippen LogP contribution is 2.39. The first-order valence-corrected chi connectivity index (χ1v) is 6.95. The van der Waals surface area contributed by atoms with Gasteiger partial charge in [-0.05, 0) is 46.6 Å². The van der Waals surface area contributed by atoms with Crippen molar-refractivity contribution in [2.75, 3.05) is 27.1 Å². The number of rotatable bonds is 7. The fourth-order valence-corrected chi connectivity index (χ4v) is 2.50. The van der Waals surface area contributed by atoms with E-state index in [1.54, 1.807) is 7.11 Å². The molecule has 5 nitrogen and oxygen atoms in total. The number of halogens is 1. The number of benzene rings is 1. The first kappa shape index (κ1) is 14.6. The molecule has 0 amide bonds. The molecule has 0 saturated carbocycles. The van der Waals surface area contributed by atoms with Crippen molar-refractivity contribution in [3.8, 4) is 11.5 Å². The van der Waals surface area contributed by atoms with Gasteiger partial charge in [0.25, 0.3) is 0 Å². The molecule has 0 aromatic heterocycles. The van der Waals surface area contributed by atoms with E-state index in [2.05, 4.69) is 21.2 Å². The molecule has 6 heteroatoms. The van der Waals surface area contributed by atoms with Crippen LogP contribution in [0.25, 0.3) is 0 Å². The Morgan fingerprint density at radius 3 is 3.11 bits per heavy atom. The molecular formula is C13H18BrNO4. The van der Waals surface area contributed by atoms with Crippen molar-refractivity contribution in [3.63, 3.8) is 0 Å². The normalized spacial score (nSPS) is 14.7. The Balaban J connectivity index is 1.79. The number of hydrogen-bond donors (Lipinski definition) is 2. The Hall–Kier alpha value is -0.820. The van der Waals surface area contributed by atoms with E-state index in [1.807, 2.05) is 12.1 Å². The predicted octanol–water partition coefficient (Wildman–Crippen LogP) is 1.66. The summed E-state index contributed by atoms with van der Waals surface area (Å²) in [5.41, 5.74) is 1.11. The number of fused-ring (bicyclic) bond motifs is 1. The van der Waals surface area contributed by atoms with Crippen LogP contribution in [-0.2, 0) is 11.3 Å². The predicted molar refractivity (Wildman–Crippen MR) is 74.5 cm³/mol. The van der Waals surface area contributed by atoms with Gasteiger partial charge >= 0.3 is 0 Å². The van der Waals surface area contributed by atoms with Gasteiger partial charge in [-0.3, -0.25) is 0 Å². The summed E-state index contributed by atoms with van der Waals surface area (Å²) in [6, 6.07) is 3.97. The van der Waals surface area contributed by atoms with Gasteiger partial charge in [-0.2, -0.15) is 0 Å². The van der Waals surface area contributed by atoms with Gasteiger partial charge in [0.2, 0.25) is 6.79 Å². The molecule has 1 aromatic rings. The third-order valence-electron chi connectivity index (χ3n) is 2.83. The lowest BCUT2D eigenvalue weighted by Crippen LogP contribution is -2.23. The molecule has 1 aromatic carbocycles. The minimum atomic E-state index is -0.416. The molecule has 1 aliphatic rings. The largest absolute Gasteiger partial charge is 0.454 e. The Morgan fingerprint density at radius 2 is 2.32 bits per heavy atom. The number of methoxy groups -OCH3 is 1. The lowest BCUT2D eigenvalue weighted by atomic mass is 10.2. The van der Waals surface area contributed by atoms with Gasteiger partial charge in [-0.25, -0.2) is 0 Å². The highest BCUT2D eigenvalue weighted by Gasteiger charge is 2.17. The van der Waals surface area contributed by atoms with E-state index in [-0.39, 0.29) is 6.79 Å². The number of aliphatic hydroxyl groups is 1. The molecule has 0 bridgehead atoms. The molecule has 1 unspecified atom stereocenters. The van der Waals surface area contributed by atoms with Crippen LogP contribution in [0.2, 0.25) is 0 Å². The summed E-state index contributed by atoms with van der Waals surface area (Å²) in [5, 5.41) is 12.8. The van der Waals surface area contributed by atoms with Crippen LogP contribution < -0.4 is 14.8 Å². The van der Waals surface area contributed by atoms with Crippen LogP contribution in [0.4, 0.5) is 0 Å². The molecule has 1 aliphatic heterocycles. The Bertz CT molecular complexity index is 427. The maximum Gasteiger partial charge on any atom is 0.231 e. The van der Waals surface area contributed by atoms with Gasteiger partial charge in [0, 0.05) is 13.7 Å². The fourth-order valence-electron chi connectivity index (χ4n) is 1.90. The second-order valence-corrected chi connectivity index (χ2v) is 5.24. The zero-order valence-corrected chi connectivity index (χ0v) is 12.4. The average molecular weight is 332 g/mol. The Morgan fingerprint density at radius 1 is 1.47 bits per heavy atom. The highest BCUT2D eigenvalue weighted by atomic mass is 79.9. The molecule has 0 aliphatic carbocycles. The van der Waals surface area contributed by atoms with Crippen LogP contribution in [0.5, 0.6) is 11.5 Å². The summed E-state index contributed by atoms with van der Waals surface area (Å²) < 4.78 is 16.5. The summed E-state index contributed by atoms with van der Waals surface area (Å²) >= 11 is 3.46. The first-order valence-electron chi connectivity index (χ1n) is 6.16. The minimum absolute atomic E-state index is 0.272. The van der Waals surface area contributed by atoms with Gasteiger partial charge in [0.1, 0.15) is 0 Å². The fraction of sp³-hybridized carbons (Fsp3) is 0.538. The molecule has 2 rings (SSSR count). The Labute approximate surface area is 121 Å². The van der Waals surface area contributed by atoms with Gasteiger partial charge in [-0.15, -0.1) is 0 Å². The monoisotopic (exact) mass is 331 g/mol. The molecule has 19 heavy (non-hydrogen) atoms. The summed E-state index contributed by atoms with van der Waals surface area (Å²) in [6.07, 6.45) is 0.250.